The van der Waals surface area contributed by atoms with Gasteiger partial charge in [0.15, 0.2) is 9.84 Å². The van der Waals surface area contributed by atoms with Crippen molar-refractivity contribution in [2.24, 2.45) is 5.73 Å². The van der Waals surface area contributed by atoms with Gasteiger partial charge in [0.2, 0.25) is 0 Å². The molecule has 0 radical (unpaired) electrons. The first-order chi connectivity index (χ1) is 8.61. The van der Waals surface area contributed by atoms with E-state index >= 15 is 0 Å². The van der Waals surface area contributed by atoms with E-state index in [9.17, 15) is 8.42 Å². The molecule has 0 fully saturated rings. The summed E-state index contributed by atoms with van der Waals surface area (Å²) in [4.78, 5) is 0.395. The lowest BCUT2D eigenvalue weighted by molar-refractivity contribution is 0.597. The largest absolute Gasteiger partial charge is 0.384 e. The number of benzene rings is 1. The molecule has 0 atom stereocenters. The molecule has 0 heterocycles. The lowest BCUT2D eigenvalue weighted by atomic mass is 10.2. The van der Waals surface area contributed by atoms with Crippen LogP contribution in [0.4, 0.5) is 5.69 Å². The number of nitrogens with one attached hydrogen (secondary N) is 1. The Bertz CT molecular complexity index is 458. The molecule has 0 spiro atoms. The Labute approximate surface area is 110 Å². The highest BCUT2D eigenvalue weighted by Gasteiger charge is 2.15. The molecular weight excluding hydrogens is 248 g/mol. The Kier molecular flexibility index (Phi) is 6.15. The summed E-state index contributed by atoms with van der Waals surface area (Å²) in [6, 6.07) is 7.06. The second kappa shape index (κ2) is 7.38. The maximum absolute atomic E-state index is 11.9. The van der Waals surface area contributed by atoms with Crippen molar-refractivity contribution in [2.75, 3.05) is 24.2 Å². The van der Waals surface area contributed by atoms with Crippen molar-refractivity contribution >= 4 is 15.5 Å². The predicted octanol–water partition coefficient (Wildman–Crippen LogP) is 2.02. The van der Waals surface area contributed by atoms with Crippen molar-refractivity contribution in [3.8, 4) is 0 Å². The van der Waals surface area contributed by atoms with Crippen LogP contribution in [0.15, 0.2) is 29.2 Å². The topological polar surface area (TPSA) is 72.2 Å². The van der Waals surface area contributed by atoms with Crippen molar-refractivity contribution < 1.29 is 8.42 Å². The fourth-order valence-corrected chi connectivity index (χ4v) is 2.78. The Hall–Kier alpha value is -1.07. The van der Waals surface area contributed by atoms with Crippen molar-refractivity contribution in [3.63, 3.8) is 0 Å². The molecule has 1 rings (SSSR count). The third-order valence-electron chi connectivity index (χ3n) is 2.80. The van der Waals surface area contributed by atoms with Gasteiger partial charge in [-0.3, -0.25) is 0 Å². The van der Waals surface area contributed by atoms with E-state index in [0.29, 0.717) is 17.1 Å². The molecule has 0 aliphatic heterocycles. The van der Waals surface area contributed by atoms with Crippen LogP contribution in [0.25, 0.3) is 0 Å². The van der Waals surface area contributed by atoms with Crippen LogP contribution in [0.3, 0.4) is 0 Å². The molecule has 1 aromatic rings. The molecule has 0 saturated heterocycles. The Morgan fingerprint density at radius 1 is 1.17 bits per heavy atom. The average Bonchev–Trinajstić information content (AvgIpc) is 2.39. The van der Waals surface area contributed by atoms with Crippen molar-refractivity contribution in [1.82, 2.24) is 0 Å². The van der Waals surface area contributed by atoms with Gasteiger partial charge in [0.25, 0.3) is 0 Å². The third kappa shape index (κ3) is 4.31. The minimum Gasteiger partial charge on any atom is -0.384 e. The molecule has 0 unspecified atom stereocenters. The highest BCUT2D eigenvalue weighted by molar-refractivity contribution is 7.91. The fourth-order valence-electron chi connectivity index (χ4n) is 1.71. The van der Waals surface area contributed by atoms with Crippen molar-refractivity contribution in [1.29, 1.82) is 0 Å². The molecule has 0 amide bonds. The molecule has 3 N–H and O–H groups in total. The molecular formula is C13H22N2O2S. The monoisotopic (exact) mass is 270 g/mol. The lowest BCUT2D eigenvalue weighted by Crippen LogP contribution is -2.10. The molecule has 0 saturated carbocycles. The number of para-hydroxylation sites is 1. The number of nitrogens with two attached hydrogens (primary N) is 1. The van der Waals surface area contributed by atoms with E-state index in [1.54, 1.807) is 19.1 Å². The highest BCUT2D eigenvalue weighted by Crippen LogP contribution is 2.21. The van der Waals surface area contributed by atoms with Crippen LogP contribution in [0.1, 0.15) is 26.2 Å². The van der Waals surface area contributed by atoms with Gasteiger partial charge in [-0.1, -0.05) is 25.5 Å². The smallest absolute Gasteiger partial charge is 0.180 e. The molecule has 102 valence electrons. The van der Waals surface area contributed by atoms with E-state index in [1.165, 1.54) is 0 Å². The Balaban J connectivity index is 2.66. The summed E-state index contributed by atoms with van der Waals surface area (Å²) in [6.45, 7) is 3.14. The van der Waals surface area contributed by atoms with E-state index < -0.39 is 9.84 Å². The lowest BCUT2D eigenvalue weighted by Gasteiger charge is -2.11. The second-order valence-electron chi connectivity index (χ2n) is 4.18. The molecule has 0 aliphatic carbocycles. The number of hydrogen-bond acceptors (Lipinski definition) is 4. The van der Waals surface area contributed by atoms with Crippen LogP contribution < -0.4 is 11.1 Å². The molecule has 0 bridgehead atoms. The number of anilines is 1. The number of rotatable bonds is 8. The number of hydrogen-bond donors (Lipinski definition) is 2. The van der Waals surface area contributed by atoms with Crippen LogP contribution in [0.2, 0.25) is 0 Å². The zero-order chi connectivity index (χ0) is 13.4. The zero-order valence-electron chi connectivity index (χ0n) is 10.9. The molecule has 1 aromatic carbocycles. The van der Waals surface area contributed by atoms with Crippen LogP contribution in [-0.4, -0.2) is 27.3 Å². The van der Waals surface area contributed by atoms with Gasteiger partial charge in [-0.25, -0.2) is 8.42 Å². The van der Waals surface area contributed by atoms with Crippen LogP contribution in [0, 0.1) is 0 Å². The van der Waals surface area contributed by atoms with Gasteiger partial charge in [-0.2, -0.15) is 0 Å². The van der Waals surface area contributed by atoms with Gasteiger partial charge in [0.05, 0.1) is 16.3 Å². The maximum Gasteiger partial charge on any atom is 0.180 e. The van der Waals surface area contributed by atoms with Crippen molar-refractivity contribution in [2.45, 2.75) is 31.1 Å². The van der Waals surface area contributed by atoms with E-state index in [1.807, 2.05) is 12.1 Å². The summed E-state index contributed by atoms with van der Waals surface area (Å²) in [5.41, 5.74) is 6.12. The van der Waals surface area contributed by atoms with Crippen LogP contribution in [-0.2, 0) is 9.84 Å². The quantitative estimate of drug-likeness (QED) is 0.709. The van der Waals surface area contributed by atoms with Gasteiger partial charge in [0.1, 0.15) is 0 Å². The summed E-state index contributed by atoms with van der Waals surface area (Å²) in [7, 11) is -3.16. The Morgan fingerprint density at radius 3 is 2.56 bits per heavy atom. The van der Waals surface area contributed by atoms with Gasteiger partial charge in [-0.05, 0) is 31.5 Å². The summed E-state index contributed by atoms with van der Waals surface area (Å²) < 4.78 is 23.8. The number of unbranched alkanes of at least 4 members (excludes halogenated alkanes) is 2. The van der Waals surface area contributed by atoms with Gasteiger partial charge in [0, 0.05) is 6.54 Å². The first kappa shape index (κ1) is 15.0. The summed E-state index contributed by atoms with van der Waals surface area (Å²) in [5.74, 6) is 0.124. The van der Waals surface area contributed by atoms with E-state index in [0.717, 1.165) is 25.8 Å². The minimum absolute atomic E-state index is 0.124. The fraction of sp³-hybridized carbons (Fsp3) is 0.538. The average molecular weight is 270 g/mol. The van der Waals surface area contributed by atoms with Gasteiger partial charge in [-0.15, -0.1) is 0 Å². The van der Waals surface area contributed by atoms with Gasteiger partial charge < -0.3 is 11.1 Å². The number of sulfone groups is 1. The SMILES string of the molecule is CCS(=O)(=O)c1ccccc1NCCCCCN. The zero-order valence-corrected chi connectivity index (χ0v) is 11.7. The normalized spacial score (nSPS) is 11.4. The molecule has 0 aliphatic rings. The second-order valence-corrected chi connectivity index (χ2v) is 6.42. The van der Waals surface area contributed by atoms with Crippen LogP contribution in [0.5, 0.6) is 0 Å². The van der Waals surface area contributed by atoms with Crippen molar-refractivity contribution in [3.05, 3.63) is 24.3 Å². The highest BCUT2D eigenvalue weighted by atomic mass is 32.2. The van der Waals surface area contributed by atoms with E-state index in [2.05, 4.69) is 5.32 Å². The maximum atomic E-state index is 11.9. The summed E-state index contributed by atoms with van der Waals surface area (Å²) in [5, 5.41) is 3.19. The third-order valence-corrected chi connectivity index (χ3v) is 4.58. The molecule has 0 aromatic heterocycles. The first-order valence-electron chi connectivity index (χ1n) is 6.37. The summed E-state index contributed by atoms with van der Waals surface area (Å²) in [6.07, 6.45) is 3.07. The Morgan fingerprint density at radius 2 is 1.89 bits per heavy atom. The first-order valence-corrected chi connectivity index (χ1v) is 8.02. The van der Waals surface area contributed by atoms with E-state index in [4.69, 9.17) is 5.73 Å². The minimum atomic E-state index is -3.16. The molecule has 4 nitrogen and oxygen atoms in total. The van der Waals surface area contributed by atoms with Crippen LogP contribution >= 0.6 is 0 Å². The van der Waals surface area contributed by atoms with Gasteiger partial charge >= 0.3 is 0 Å². The standard InChI is InChI=1S/C13H22N2O2S/c1-2-18(16,17)13-9-5-4-8-12(13)15-11-7-3-6-10-14/h4-5,8-9,15H,2-3,6-7,10-11,14H2,1H3. The molecule has 5 heteroatoms. The predicted molar refractivity (Wildman–Crippen MR) is 75.6 cm³/mol. The summed E-state index contributed by atoms with van der Waals surface area (Å²) >= 11 is 0. The van der Waals surface area contributed by atoms with E-state index in [-0.39, 0.29) is 5.75 Å². The molecule has 18 heavy (non-hydrogen) atoms.